The van der Waals surface area contributed by atoms with Crippen LogP contribution in [0, 0.1) is 11.8 Å². The molecule has 1 unspecified atom stereocenters. The fourth-order valence-corrected chi connectivity index (χ4v) is 3.16. The van der Waals surface area contributed by atoms with E-state index in [-0.39, 0.29) is 18.0 Å². The Balaban J connectivity index is 2.50. The van der Waals surface area contributed by atoms with Crippen molar-refractivity contribution in [3.05, 3.63) is 0 Å². The number of aliphatic imine (C=N–C) groups is 1. The highest BCUT2D eigenvalue weighted by Gasteiger charge is 2.27. The number of guanidine groups is 1. The second-order valence-electron chi connectivity index (χ2n) is 8.30. The van der Waals surface area contributed by atoms with Crippen molar-refractivity contribution in [1.82, 2.24) is 15.1 Å². The number of ether oxygens (including phenoxy) is 2. The predicted molar refractivity (Wildman–Crippen MR) is 110 cm³/mol. The molecule has 0 radical (unpaired) electrons. The summed E-state index contributed by atoms with van der Waals surface area (Å²) in [5.74, 6) is 0.777. The van der Waals surface area contributed by atoms with Crippen LogP contribution in [0.5, 0.6) is 0 Å². The molecule has 0 aromatic carbocycles. The fourth-order valence-electron chi connectivity index (χ4n) is 3.16. The van der Waals surface area contributed by atoms with Crippen LogP contribution >= 0.6 is 0 Å². The molecule has 1 aliphatic heterocycles. The molecule has 0 aliphatic carbocycles. The Hall–Kier alpha value is -1.99. The van der Waals surface area contributed by atoms with Gasteiger partial charge in [0, 0.05) is 39.8 Å². The summed E-state index contributed by atoms with van der Waals surface area (Å²) >= 11 is 0. The van der Waals surface area contributed by atoms with Gasteiger partial charge < -0.3 is 24.6 Å². The zero-order valence-electron chi connectivity index (χ0n) is 18.6. The number of piperidine rings is 1. The van der Waals surface area contributed by atoms with Crippen molar-refractivity contribution in [3.63, 3.8) is 0 Å². The lowest BCUT2D eigenvalue weighted by Crippen LogP contribution is -2.48. The first-order valence-electron chi connectivity index (χ1n) is 10.1. The minimum Gasteiger partial charge on any atom is -0.469 e. The molecule has 1 fully saturated rings. The van der Waals surface area contributed by atoms with Gasteiger partial charge >= 0.3 is 12.1 Å². The van der Waals surface area contributed by atoms with E-state index in [4.69, 9.17) is 9.47 Å². The van der Waals surface area contributed by atoms with E-state index >= 15 is 0 Å². The molecule has 0 aromatic heterocycles. The summed E-state index contributed by atoms with van der Waals surface area (Å²) in [5.41, 5.74) is -0.479. The molecular weight excluding hydrogens is 360 g/mol. The van der Waals surface area contributed by atoms with Crippen molar-refractivity contribution in [3.8, 4) is 0 Å². The molecule has 1 atom stereocenters. The van der Waals surface area contributed by atoms with Crippen molar-refractivity contribution in [1.29, 1.82) is 0 Å². The molecule has 1 rings (SSSR count). The van der Waals surface area contributed by atoms with Gasteiger partial charge in [-0.15, -0.1) is 0 Å². The molecular formula is C20H38N4O4. The van der Waals surface area contributed by atoms with E-state index in [1.165, 1.54) is 7.11 Å². The van der Waals surface area contributed by atoms with Gasteiger partial charge in [-0.25, -0.2) is 4.79 Å². The first kappa shape index (κ1) is 24.0. The monoisotopic (exact) mass is 398 g/mol. The van der Waals surface area contributed by atoms with E-state index in [1.54, 1.807) is 11.9 Å². The summed E-state index contributed by atoms with van der Waals surface area (Å²) in [6.45, 7) is 13.0. The Bertz CT molecular complexity index is 537. The number of carbonyl (C=O) groups excluding carboxylic acids is 2. The number of carbonyl (C=O) groups is 2. The van der Waals surface area contributed by atoms with Crippen LogP contribution in [0.2, 0.25) is 0 Å². The average Bonchev–Trinajstić information content (AvgIpc) is 2.65. The van der Waals surface area contributed by atoms with Crippen molar-refractivity contribution in [2.75, 3.05) is 46.9 Å². The zero-order chi connectivity index (χ0) is 21.3. The number of likely N-dealkylation sites (tertiary alicyclic amines) is 1. The van der Waals surface area contributed by atoms with Gasteiger partial charge in [0.1, 0.15) is 5.60 Å². The predicted octanol–water partition coefficient (Wildman–Crippen LogP) is 2.34. The third-order valence-corrected chi connectivity index (χ3v) is 4.81. The maximum atomic E-state index is 12.3. The van der Waals surface area contributed by atoms with Gasteiger partial charge in [-0.05, 0) is 46.5 Å². The number of amides is 1. The molecule has 1 aliphatic rings. The number of methoxy groups -OCH3 is 1. The van der Waals surface area contributed by atoms with E-state index in [2.05, 4.69) is 15.2 Å². The summed E-state index contributed by atoms with van der Waals surface area (Å²) in [6, 6.07) is 0. The summed E-state index contributed by atoms with van der Waals surface area (Å²) in [4.78, 5) is 32.2. The third kappa shape index (κ3) is 7.94. The van der Waals surface area contributed by atoms with E-state index in [9.17, 15) is 9.59 Å². The lowest BCUT2D eigenvalue weighted by molar-refractivity contribution is -0.144. The normalized spacial score (nSPS) is 17.1. The standard InChI is InChI=1S/C20H38N4O4/c1-8-23(19(26)28-20(3,4)5)14-16-9-11-24(12-10-16)18(21-6)22-13-15(2)17(25)27-7/h15-16H,8-14H2,1-7H3,(H,21,22). The van der Waals surface area contributed by atoms with Crippen LogP contribution in [0.3, 0.4) is 0 Å². The molecule has 1 saturated heterocycles. The second-order valence-corrected chi connectivity index (χ2v) is 8.30. The molecule has 8 heteroatoms. The molecule has 1 heterocycles. The zero-order valence-corrected chi connectivity index (χ0v) is 18.6. The highest BCUT2D eigenvalue weighted by atomic mass is 16.6. The highest BCUT2D eigenvalue weighted by Crippen LogP contribution is 2.20. The number of hydrogen-bond acceptors (Lipinski definition) is 5. The van der Waals surface area contributed by atoms with E-state index in [0.29, 0.717) is 25.6 Å². The van der Waals surface area contributed by atoms with Crippen molar-refractivity contribution in [2.24, 2.45) is 16.8 Å². The smallest absolute Gasteiger partial charge is 0.410 e. The van der Waals surface area contributed by atoms with Crippen LogP contribution in [0.25, 0.3) is 0 Å². The number of esters is 1. The van der Waals surface area contributed by atoms with Crippen LogP contribution in [0.4, 0.5) is 4.79 Å². The van der Waals surface area contributed by atoms with Gasteiger partial charge in [0.2, 0.25) is 0 Å². The largest absolute Gasteiger partial charge is 0.469 e. The minimum atomic E-state index is -0.479. The Morgan fingerprint density at radius 2 is 1.89 bits per heavy atom. The summed E-state index contributed by atoms with van der Waals surface area (Å²) < 4.78 is 10.3. The second kappa shape index (κ2) is 11.1. The van der Waals surface area contributed by atoms with Crippen LogP contribution in [-0.4, -0.2) is 80.3 Å². The Kier molecular flexibility index (Phi) is 9.55. The number of rotatable bonds is 6. The maximum Gasteiger partial charge on any atom is 0.410 e. The van der Waals surface area contributed by atoms with Gasteiger partial charge in [-0.1, -0.05) is 6.92 Å². The number of nitrogens with one attached hydrogen (secondary N) is 1. The molecule has 8 nitrogen and oxygen atoms in total. The molecule has 1 amide bonds. The van der Waals surface area contributed by atoms with Crippen molar-refractivity contribution < 1.29 is 19.1 Å². The number of hydrogen-bond donors (Lipinski definition) is 1. The molecule has 0 spiro atoms. The van der Waals surface area contributed by atoms with E-state index < -0.39 is 5.60 Å². The Morgan fingerprint density at radius 1 is 1.29 bits per heavy atom. The van der Waals surface area contributed by atoms with Crippen molar-refractivity contribution >= 4 is 18.0 Å². The first-order valence-corrected chi connectivity index (χ1v) is 10.1. The Morgan fingerprint density at radius 3 is 2.36 bits per heavy atom. The number of nitrogens with zero attached hydrogens (tertiary/aromatic N) is 3. The topological polar surface area (TPSA) is 83.5 Å². The third-order valence-electron chi connectivity index (χ3n) is 4.81. The molecule has 0 aromatic rings. The Labute approximate surface area is 169 Å². The summed E-state index contributed by atoms with van der Waals surface area (Å²) in [5, 5.41) is 3.26. The molecule has 162 valence electrons. The maximum absolute atomic E-state index is 12.3. The van der Waals surface area contributed by atoms with Gasteiger partial charge in [-0.3, -0.25) is 9.79 Å². The SMILES string of the molecule is CCN(CC1CCN(C(=NC)NCC(C)C(=O)OC)CC1)C(=O)OC(C)(C)C. The minimum absolute atomic E-state index is 0.230. The lowest BCUT2D eigenvalue weighted by atomic mass is 9.96. The molecule has 0 saturated carbocycles. The van der Waals surface area contributed by atoms with Crippen LogP contribution in [0.1, 0.15) is 47.5 Å². The molecule has 28 heavy (non-hydrogen) atoms. The highest BCUT2D eigenvalue weighted by molar-refractivity contribution is 5.81. The quantitative estimate of drug-likeness (QED) is 0.420. The molecule has 0 bridgehead atoms. The van der Waals surface area contributed by atoms with E-state index in [0.717, 1.165) is 31.9 Å². The van der Waals surface area contributed by atoms with Crippen LogP contribution in [-0.2, 0) is 14.3 Å². The van der Waals surface area contributed by atoms with Gasteiger partial charge in [0.25, 0.3) is 0 Å². The summed E-state index contributed by atoms with van der Waals surface area (Å²) in [7, 11) is 3.15. The van der Waals surface area contributed by atoms with Crippen LogP contribution in [0.15, 0.2) is 4.99 Å². The molecule has 1 N–H and O–H groups in total. The van der Waals surface area contributed by atoms with Gasteiger partial charge in [0.05, 0.1) is 13.0 Å². The van der Waals surface area contributed by atoms with Crippen molar-refractivity contribution in [2.45, 2.75) is 53.1 Å². The fraction of sp³-hybridized carbons (Fsp3) is 0.850. The first-order chi connectivity index (χ1) is 13.1. The average molecular weight is 399 g/mol. The lowest BCUT2D eigenvalue weighted by Gasteiger charge is -2.36. The summed E-state index contributed by atoms with van der Waals surface area (Å²) in [6.07, 6.45) is 1.71. The van der Waals surface area contributed by atoms with Gasteiger partial charge in [0.15, 0.2) is 5.96 Å². The van der Waals surface area contributed by atoms with Gasteiger partial charge in [-0.2, -0.15) is 0 Å². The van der Waals surface area contributed by atoms with Crippen LogP contribution < -0.4 is 5.32 Å². The van der Waals surface area contributed by atoms with E-state index in [1.807, 2.05) is 34.6 Å².